The Balaban J connectivity index is 1.04. The largest absolute Gasteiger partial charge is 0.460 e. The second-order valence-electron chi connectivity index (χ2n) is 10.8. The van der Waals surface area contributed by atoms with E-state index in [-0.39, 0.29) is 28.9 Å². The fraction of sp³-hybridized carbons (Fsp3) is 0.548. The molecule has 2 aliphatic carbocycles. The van der Waals surface area contributed by atoms with Crippen LogP contribution in [-0.4, -0.2) is 23.1 Å². The highest BCUT2D eigenvalue weighted by molar-refractivity contribution is 5.80. The van der Waals surface area contributed by atoms with Gasteiger partial charge in [-0.15, -0.1) is 0 Å². The fourth-order valence-electron chi connectivity index (χ4n) is 5.00. The molecule has 2 saturated carbocycles. The average Bonchev–Trinajstić information content (AvgIpc) is 3.84. The molecule has 194 valence electrons. The first-order valence-electron chi connectivity index (χ1n) is 13.6. The van der Waals surface area contributed by atoms with Crippen LogP contribution in [0.1, 0.15) is 88.2 Å². The summed E-state index contributed by atoms with van der Waals surface area (Å²) in [6, 6.07) is 19.6. The topological polar surface area (TPSA) is 72.8 Å². The number of benzene rings is 2. The molecule has 0 amide bonds. The summed E-state index contributed by atoms with van der Waals surface area (Å²) >= 11 is 0. The van der Waals surface area contributed by atoms with Crippen LogP contribution in [0.5, 0.6) is 0 Å². The molecule has 36 heavy (non-hydrogen) atoms. The number of rotatable bonds is 16. The van der Waals surface area contributed by atoms with Crippen LogP contribution in [-0.2, 0) is 32.3 Å². The normalized spacial score (nSPS) is 16.9. The van der Waals surface area contributed by atoms with Gasteiger partial charge < -0.3 is 14.6 Å². The Bertz CT molecular complexity index is 883. The number of aliphatic hydroxyl groups excluding tert-OH is 1. The molecule has 2 aromatic rings. The zero-order valence-electron chi connectivity index (χ0n) is 21.3. The molecule has 2 aliphatic rings. The van der Waals surface area contributed by atoms with E-state index in [0.717, 1.165) is 88.2 Å². The average molecular weight is 493 g/mol. The van der Waals surface area contributed by atoms with Gasteiger partial charge >= 0.3 is 11.9 Å². The predicted molar refractivity (Wildman–Crippen MR) is 139 cm³/mol. The third kappa shape index (κ3) is 7.67. The Labute approximate surface area is 215 Å². The number of carbonyl (C=O) groups is 2. The van der Waals surface area contributed by atoms with Gasteiger partial charge in [-0.3, -0.25) is 9.59 Å². The standard InChI is InChI=1S/C31H40O5/c32-27(15-7-9-17-30(19-20-30)28(33)35-23-25-11-3-1-4-12-25)16-8-10-18-31(21-22-31)29(34)36-24-26-13-5-2-6-14-26/h1-6,11-14,27,32H,7-10,15-24H2. The lowest BCUT2D eigenvalue weighted by Crippen LogP contribution is -2.19. The van der Waals surface area contributed by atoms with Crippen LogP contribution in [0.2, 0.25) is 0 Å². The van der Waals surface area contributed by atoms with E-state index in [1.54, 1.807) is 0 Å². The Hall–Kier alpha value is -2.66. The molecule has 0 unspecified atom stereocenters. The zero-order chi connectivity index (χ0) is 25.3. The van der Waals surface area contributed by atoms with Gasteiger partial charge in [0.1, 0.15) is 13.2 Å². The smallest absolute Gasteiger partial charge is 0.312 e. The molecule has 5 heteroatoms. The molecule has 0 spiro atoms. The molecule has 0 heterocycles. The van der Waals surface area contributed by atoms with Crippen LogP contribution in [0.4, 0.5) is 0 Å². The first kappa shape index (κ1) is 26.4. The molecule has 0 atom stereocenters. The van der Waals surface area contributed by atoms with Crippen LogP contribution in [0.15, 0.2) is 60.7 Å². The van der Waals surface area contributed by atoms with Crippen molar-refractivity contribution in [3.8, 4) is 0 Å². The van der Waals surface area contributed by atoms with Gasteiger partial charge in [0.05, 0.1) is 16.9 Å². The van der Waals surface area contributed by atoms with Crippen molar-refractivity contribution in [3.05, 3.63) is 71.8 Å². The maximum Gasteiger partial charge on any atom is 0.312 e. The summed E-state index contributed by atoms with van der Waals surface area (Å²) in [4.78, 5) is 25.1. The molecule has 0 aliphatic heterocycles. The molecule has 0 radical (unpaired) electrons. The molecule has 4 rings (SSSR count). The third-order valence-electron chi connectivity index (χ3n) is 7.88. The van der Waals surface area contributed by atoms with Gasteiger partial charge in [0.15, 0.2) is 0 Å². The molecular weight excluding hydrogens is 452 g/mol. The van der Waals surface area contributed by atoms with E-state index in [2.05, 4.69) is 0 Å². The summed E-state index contributed by atoms with van der Waals surface area (Å²) in [7, 11) is 0. The third-order valence-corrected chi connectivity index (χ3v) is 7.88. The molecule has 5 nitrogen and oxygen atoms in total. The van der Waals surface area contributed by atoms with Crippen molar-refractivity contribution in [2.75, 3.05) is 0 Å². The van der Waals surface area contributed by atoms with E-state index in [4.69, 9.17) is 9.47 Å². The minimum Gasteiger partial charge on any atom is -0.460 e. The number of ether oxygens (including phenoxy) is 2. The van der Waals surface area contributed by atoms with Crippen molar-refractivity contribution < 1.29 is 24.2 Å². The summed E-state index contributed by atoms with van der Waals surface area (Å²) < 4.78 is 11.1. The molecule has 0 saturated heterocycles. The van der Waals surface area contributed by atoms with Crippen molar-refractivity contribution in [2.24, 2.45) is 10.8 Å². The molecule has 2 aromatic carbocycles. The fourth-order valence-corrected chi connectivity index (χ4v) is 5.00. The van der Waals surface area contributed by atoms with E-state index in [1.165, 1.54) is 0 Å². The quantitative estimate of drug-likeness (QED) is 0.213. The Morgan fingerprint density at radius 1 is 0.667 bits per heavy atom. The number of carbonyl (C=O) groups excluding carboxylic acids is 2. The van der Waals surface area contributed by atoms with Crippen molar-refractivity contribution >= 4 is 11.9 Å². The number of hydrogen-bond donors (Lipinski definition) is 1. The number of esters is 2. The van der Waals surface area contributed by atoms with Gasteiger partial charge in [0.25, 0.3) is 0 Å². The van der Waals surface area contributed by atoms with Crippen LogP contribution in [0.25, 0.3) is 0 Å². The minimum atomic E-state index is -0.314. The molecule has 0 bridgehead atoms. The van der Waals surface area contributed by atoms with Crippen molar-refractivity contribution in [1.82, 2.24) is 0 Å². The van der Waals surface area contributed by atoms with Crippen molar-refractivity contribution in [2.45, 2.75) is 96.4 Å². The van der Waals surface area contributed by atoms with E-state index < -0.39 is 0 Å². The second-order valence-corrected chi connectivity index (χ2v) is 10.8. The van der Waals surface area contributed by atoms with Crippen LogP contribution < -0.4 is 0 Å². The Kier molecular flexibility index (Phi) is 9.19. The SMILES string of the molecule is O=C(OCc1ccccc1)C1(CCCCC(O)CCCCC2(C(=O)OCc3ccccc3)CC2)CC1. The minimum absolute atomic E-state index is 0.0665. The van der Waals surface area contributed by atoms with E-state index >= 15 is 0 Å². The lowest BCUT2D eigenvalue weighted by Gasteiger charge is -2.16. The summed E-state index contributed by atoms with van der Waals surface area (Å²) in [5, 5.41) is 10.4. The van der Waals surface area contributed by atoms with Crippen LogP contribution in [0, 0.1) is 10.8 Å². The van der Waals surface area contributed by atoms with E-state index in [0.29, 0.717) is 13.2 Å². The van der Waals surface area contributed by atoms with E-state index in [9.17, 15) is 14.7 Å². The maximum absolute atomic E-state index is 12.5. The number of unbranched alkanes of at least 4 members (excludes halogenated alkanes) is 2. The monoisotopic (exact) mass is 492 g/mol. The van der Waals surface area contributed by atoms with Gasteiger partial charge in [-0.25, -0.2) is 0 Å². The predicted octanol–water partition coefficient (Wildman–Crippen LogP) is 6.52. The lowest BCUT2D eigenvalue weighted by atomic mass is 9.95. The zero-order valence-corrected chi connectivity index (χ0v) is 21.3. The maximum atomic E-state index is 12.5. The molecular formula is C31H40O5. The Morgan fingerprint density at radius 3 is 1.42 bits per heavy atom. The van der Waals surface area contributed by atoms with Crippen LogP contribution >= 0.6 is 0 Å². The second kappa shape index (κ2) is 12.5. The van der Waals surface area contributed by atoms with Gasteiger partial charge in [0.2, 0.25) is 0 Å². The van der Waals surface area contributed by atoms with Gasteiger partial charge in [0, 0.05) is 0 Å². The van der Waals surface area contributed by atoms with Crippen molar-refractivity contribution in [1.29, 1.82) is 0 Å². The molecule has 0 aromatic heterocycles. The van der Waals surface area contributed by atoms with Crippen molar-refractivity contribution in [3.63, 3.8) is 0 Å². The first-order chi connectivity index (χ1) is 17.5. The van der Waals surface area contributed by atoms with Gasteiger partial charge in [-0.05, 0) is 62.5 Å². The van der Waals surface area contributed by atoms with Gasteiger partial charge in [-0.1, -0.05) is 86.3 Å². The first-order valence-corrected chi connectivity index (χ1v) is 13.6. The highest BCUT2D eigenvalue weighted by Gasteiger charge is 2.51. The lowest BCUT2D eigenvalue weighted by molar-refractivity contribution is -0.152. The van der Waals surface area contributed by atoms with Crippen LogP contribution in [0.3, 0.4) is 0 Å². The highest BCUT2D eigenvalue weighted by atomic mass is 16.5. The number of aliphatic hydroxyl groups is 1. The Morgan fingerprint density at radius 2 is 1.06 bits per heavy atom. The van der Waals surface area contributed by atoms with Gasteiger partial charge in [-0.2, -0.15) is 0 Å². The molecule has 1 N–H and O–H groups in total. The number of hydrogen-bond acceptors (Lipinski definition) is 5. The summed E-state index contributed by atoms with van der Waals surface area (Å²) in [6.07, 6.45) is 10.3. The summed E-state index contributed by atoms with van der Waals surface area (Å²) in [6.45, 7) is 0.679. The molecule has 2 fully saturated rings. The summed E-state index contributed by atoms with van der Waals surface area (Å²) in [5.41, 5.74) is 1.46. The highest BCUT2D eigenvalue weighted by Crippen LogP contribution is 2.52. The summed E-state index contributed by atoms with van der Waals surface area (Å²) in [5.74, 6) is -0.133. The van der Waals surface area contributed by atoms with E-state index in [1.807, 2.05) is 60.7 Å².